The van der Waals surface area contributed by atoms with Crippen LogP contribution >= 0.6 is 0 Å². The van der Waals surface area contributed by atoms with Crippen LogP contribution < -0.4 is 10.6 Å². The van der Waals surface area contributed by atoms with Gasteiger partial charge in [-0.2, -0.15) is 0 Å². The molecule has 0 spiro atoms. The molecule has 1 aliphatic heterocycles. The first-order valence-corrected chi connectivity index (χ1v) is 5.66. The van der Waals surface area contributed by atoms with Crippen molar-refractivity contribution in [2.45, 2.75) is 6.10 Å². The van der Waals surface area contributed by atoms with Gasteiger partial charge in [0.2, 0.25) is 0 Å². The van der Waals surface area contributed by atoms with Crippen molar-refractivity contribution in [1.82, 2.24) is 10.6 Å². The van der Waals surface area contributed by atoms with Gasteiger partial charge < -0.3 is 20.5 Å². The Kier molecular flexibility index (Phi) is 3.95. The maximum absolute atomic E-state index is 11.8. The molecule has 1 fully saturated rings. The number of rotatable bonds is 3. The molecule has 0 radical (unpaired) electrons. The lowest BCUT2D eigenvalue weighted by molar-refractivity contribution is 0.0287. The van der Waals surface area contributed by atoms with E-state index in [9.17, 15) is 9.90 Å². The average Bonchev–Trinajstić information content (AvgIpc) is 2.38. The van der Waals surface area contributed by atoms with Crippen LogP contribution in [0, 0.1) is 0 Å². The summed E-state index contributed by atoms with van der Waals surface area (Å²) in [6.07, 6.45) is -0.00134. The lowest BCUT2D eigenvalue weighted by atomic mass is 10.2. The van der Waals surface area contributed by atoms with Crippen LogP contribution in [0.3, 0.4) is 0 Å². The number of carbonyl (C=O) groups is 1. The van der Waals surface area contributed by atoms with E-state index < -0.39 is 0 Å². The number of hydrogen-bond donors (Lipinski definition) is 3. The minimum absolute atomic E-state index is 0.00134. The summed E-state index contributed by atoms with van der Waals surface area (Å²) in [6.45, 7) is 2.70. The highest BCUT2D eigenvalue weighted by atomic mass is 16.5. The summed E-state index contributed by atoms with van der Waals surface area (Å²) in [7, 11) is 0. The Morgan fingerprint density at radius 3 is 3.06 bits per heavy atom. The number of benzene rings is 1. The molecule has 5 nitrogen and oxygen atoms in total. The van der Waals surface area contributed by atoms with Crippen molar-refractivity contribution < 1.29 is 14.6 Å². The third-order valence-corrected chi connectivity index (χ3v) is 2.64. The lowest BCUT2D eigenvalue weighted by Crippen LogP contribution is -2.45. The molecule has 1 heterocycles. The predicted octanol–water partition coefficient (Wildman–Crippen LogP) is 0.110. The molecular weight excluding hydrogens is 220 g/mol. The van der Waals surface area contributed by atoms with Gasteiger partial charge in [-0.05, 0) is 12.1 Å². The maximum atomic E-state index is 11.8. The summed E-state index contributed by atoms with van der Waals surface area (Å²) in [5.74, 6) is -0.287. The van der Waals surface area contributed by atoms with Gasteiger partial charge in [-0.3, -0.25) is 4.79 Å². The zero-order valence-electron chi connectivity index (χ0n) is 9.48. The largest absolute Gasteiger partial charge is 0.507 e. The minimum atomic E-state index is -0.280. The van der Waals surface area contributed by atoms with Gasteiger partial charge in [0, 0.05) is 19.6 Å². The van der Waals surface area contributed by atoms with Crippen LogP contribution in [-0.2, 0) is 4.74 Å². The molecule has 0 aromatic heterocycles. The van der Waals surface area contributed by atoms with Gasteiger partial charge in [0.25, 0.3) is 5.91 Å². The summed E-state index contributed by atoms with van der Waals surface area (Å²) in [6, 6.07) is 6.48. The molecule has 5 heteroatoms. The zero-order chi connectivity index (χ0) is 12.1. The van der Waals surface area contributed by atoms with Crippen LogP contribution in [0.5, 0.6) is 5.75 Å². The summed E-state index contributed by atoms with van der Waals surface area (Å²) in [4.78, 5) is 11.8. The van der Waals surface area contributed by atoms with E-state index in [1.165, 1.54) is 6.07 Å². The van der Waals surface area contributed by atoms with Crippen molar-refractivity contribution in [2.75, 3.05) is 26.2 Å². The molecule has 1 amide bonds. The normalized spacial score (nSPS) is 19.9. The van der Waals surface area contributed by atoms with E-state index >= 15 is 0 Å². The number of morpholine rings is 1. The Morgan fingerprint density at radius 1 is 1.53 bits per heavy atom. The highest BCUT2D eigenvalue weighted by molar-refractivity contribution is 5.96. The molecule has 0 aliphatic carbocycles. The molecule has 1 aromatic carbocycles. The number of aromatic hydroxyl groups is 1. The van der Waals surface area contributed by atoms with Crippen molar-refractivity contribution in [1.29, 1.82) is 0 Å². The van der Waals surface area contributed by atoms with Crippen molar-refractivity contribution in [3.05, 3.63) is 29.8 Å². The van der Waals surface area contributed by atoms with Crippen LogP contribution in [0.15, 0.2) is 24.3 Å². The average molecular weight is 236 g/mol. The second kappa shape index (κ2) is 5.65. The van der Waals surface area contributed by atoms with Gasteiger partial charge >= 0.3 is 0 Å². The minimum Gasteiger partial charge on any atom is -0.507 e. The van der Waals surface area contributed by atoms with Crippen LogP contribution in [0.1, 0.15) is 10.4 Å². The Balaban J connectivity index is 1.87. The van der Waals surface area contributed by atoms with E-state index in [0.29, 0.717) is 13.2 Å². The number of amides is 1. The molecule has 17 heavy (non-hydrogen) atoms. The molecule has 1 aromatic rings. The molecule has 1 atom stereocenters. The molecule has 1 unspecified atom stereocenters. The first-order valence-electron chi connectivity index (χ1n) is 5.66. The molecule has 1 aliphatic rings. The van der Waals surface area contributed by atoms with Crippen LogP contribution in [0.2, 0.25) is 0 Å². The van der Waals surface area contributed by atoms with Crippen molar-refractivity contribution in [3.8, 4) is 5.75 Å². The SMILES string of the molecule is O=C(NCC1CNCCO1)c1ccccc1O. The number of ether oxygens (including phenoxy) is 1. The molecule has 0 saturated carbocycles. The zero-order valence-corrected chi connectivity index (χ0v) is 9.48. The first kappa shape index (κ1) is 11.9. The van der Waals surface area contributed by atoms with E-state index in [1.54, 1.807) is 18.2 Å². The fraction of sp³-hybridized carbons (Fsp3) is 0.417. The second-order valence-corrected chi connectivity index (χ2v) is 3.92. The summed E-state index contributed by atoms with van der Waals surface area (Å²) < 4.78 is 5.45. The van der Waals surface area contributed by atoms with E-state index in [0.717, 1.165) is 13.1 Å². The Hall–Kier alpha value is -1.59. The maximum Gasteiger partial charge on any atom is 0.255 e. The quantitative estimate of drug-likeness (QED) is 0.696. The Bertz CT molecular complexity index is 389. The van der Waals surface area contributed by atoms with E-state index in [1.807, 2.05) is 0 Å². The third kappa shape index (κ3) is 3.18. The van der Waals surface area contributed by atoms with Gasteiger partial charge in [-0.1, -0.05) is 12.1 Å². The molecule has 3 N–H and O–H groups in total. The van der Waals surface area contributed by atoms with Crippen LogP contribution in [-0.4, -0.2) is 43.4 Å². The number of para-hydroxylation sites is 1. The predicted molar refractivity (Wildman–Crippen MR) is 63.0 cm³/mol. The standard InChI is InChI=1S/C12H16N2O3/c15-11-4-2-1-3-10(11)12(16)14-8-9-7-13-5-6-17-9/h1-4,9,13,15H,5-8H2,(H,14,16). The van der Waals surface area contributed by atoms with Crippen molar-refractivity contribution >= 4 is 5.91 Å². The van der Waals surface area contributed by atoms with E-state index in [2.05, 4.69) is 10.6 Å². The highest BCUT2D eigenvalue weighted by Crippen LogP contribution is 2.14. The van der Waals surface area contributed by atoms with Gasteiger partial charge in [-0.15, -0.1) is 0 Å². The number of hydrogen-bond acceptors (Lipinski definition) is 4. The lowest BCUT2D eigenvalue weighted by Gasteiger charge is -2.23. The van der Waals surface area contributed by atoms with Gasteiger partial charge in [0.15, 0.2) is 0 Å². The summed E-state index contributed by atoms with van der Waals surface area (Å²) in [5, 5.41) is 15.4. The molecule has 92 valence electrons. The fourth-order valence-electron chi connectivity index (χ4n) is 1.72. The van der Waals surface area contributed by atoms with Crippen LogP contribution in [0.4, 0.5) is 0 Å². The third-order valence-electron chi connectivity index (χ3n) is 2.64. The summed E-state index contributed by atoms with van der Waals surface area (Å²) in [5.41, 5.74) is 0.288. The van der Waals surface area contributed by atoms with Crippen molar-refractivity contribution in [3.63, 3.8) is 0 Å². The summed E-state index contributed by atoms with van der Waals surface area (Å²) >= 11 is 0. The van der Waals surface area contributed by atoms with Gasteiger partial charge in [-0.25, -0.2) is 0 Å². The first-order chi connectivity index (χ1) is 8.27. The second-order valence-electron chi connectivity index (χ2n) is 3.92. The number of carbonyl (C=O) groups excluding carboxylic acids is 1. The van der Waals surface area contributed by atoms with Crippen LogP contribution in [0.25, 0.3) is 0 Å². The van der Waals surface area contributed by atoms with Gasteiger partial charge in [0.1, 0.15) is 5.75 Å². The molecule has 2 rings (SSSR count). The topological polar surface area (TPSA) is 70.6 Å². The van der Waals surface area contributed by atoms with Crippen molar-refractivity contribution in [2.24, 2.45) is 0 Å². The van der Waals surface area contributed by atoms with E-state index in [4.69, 9.17) is 4.74 Å². The van der Waals surface area contributed by atoms with E-state index in [-0.39, 0.29) is 23.3 Å². The molecule has 1 saturated heterocycles. The van der Waals surface area contributed by atoms with Gasteiger partial charge in [0.05, 0.1) is 18.3 Å². The smallest absolute Gasteiger partial charge is 0.255 e. The monoisotopic (exact) mass is 236 g/mol. The Morgan fingerprint density at radius 2 is 2.35 bits per heavy atom. The fourth-order valence-corrected chi connectivity index (χ4v) is 1.72. The number of phenols is 1. The number of phenolic OH excluding ortho intramolecular Hbond substituents is 1. The molecule has 0 bridgehead atoms. The Labute approximate surface area is 99.8 Å². The highest BCUT2D eigenvalue weighted by Gasteiger charge is 2.16. The number of nitrogens with one attached hydrogen (secondary N) is 2. The molecular formula is C12H16N2O3.